The number of aliphatic imine (C=N–C) groups is 2. The minimum atomic E-state index is 0. The standard InChI is InChI=1S/C32H41N3.3ClH.Co/c1-8-23-16-25(10-3)31(26(11-4)17-23)33-20-29-14-22(7)15-30(35-29)21-34-32-27(12-5)18-24(9-2)19-28(32)13-6;;;;/h14-21H,8-13H2,1-7H3;3*1H;/q;;;;+3/p-3. The number of halogens is 3. The van der Waals surface area contributed by atoms with Crippen LogP contribution in [0.4, 0.5) is 11.4 Å². The molecule has 1 aromatic heterocycles. The van der Waals surface area contributed by atoms with Crippen LogP contribution in [0.3, 0.4) is 0 Å². The number of hydrogen-bond donors (Lipinski definition) is 0. The zero-order valence-corrected chi connectivity index (χ0v) is 27.5. The van der Waals surface area contributed by atoms with Gasteiger partial charge in [-0.25, -0.2) is 4.98 Å². The zero-order chi connectivity index (χ0) is 25.4. The van der Waals surface area contributed by atoms with Crippen molar-refractivity contribution >= 4 is 23.8 Å². The number of aryl methyl sites for hydroxylation is 7. The van der Waals surface area contributed by atoms with Crippen LogP contribution in [0, 0.1) is 6.92 Å². The molecule has 0 fully saturated rings. The van der Waals surface area contributed by atoms with Crippen molar-refractivity contribution in [3.8, 4) is 0 Å². The first kappa shape index (κ1) is 39.4. The molecule has 7 heteroatoms. The summed E-state index contributed by atoms with van der Waals surface area (Å²) in [6, 6.07) is 13.4. The maximum absolute atomic E-state index is 4.94. The van der Waals surface area contributed by atoms with Crippen molar-refractivity contribution in [2.45, 2.75) is 87.0 Å². The fourth-order valence-corrected chi connectivity index (χ4v) is 4.60. The molecule has 214 valence electrons. The summed E-state index contributed by atoms with van der Waals surface area (Å²) < 4.78 is 0. The Kier molecular flexibility index (Phi) is 19.6. The summed E-state index contributed by atoms with van der Waals surface area (Å²) in [5, 5.41) is 0. The second-order valence-corrected chi connectivity index (χ2v) is 9.16. The maximum atomic E-state index is 4.94. The molecule has 0 saturated carbocycles. The predicted octanol–water partition coefficient (Wildman–Crippen LogP) is -0.725. The van der Waals surface area contributed by atoms with E-state index in [0.29, 0.717) is 0 Å². The third-order valence-corrected chi connectivity index (χ3v) is 6.66. The van der Waals surface area contributed by atoms with E-state index >= 15 is 0 Å². The van der Waals surface area contributed by atoms with Gasteiger partial charge in [0.15, 0.2) is 0 Å². The van der Waals surface area contributed by atoms with Crippen LogP contribution in [0.2, 0.25) is 0 Å². The summed E-state index contributed by atoms with van der Waals surface area (Å²) in [6.07, 6.45) is 9.82. The molecule has 39 heavy (non-hydrogen) atoms. The van der Waals surface area contributed by atoms with E-state index in [-0.39, 0.29) is 54.0 Å². The van der Waals surface area contributed by atoms with E-state index < -0.39 is 0 Å². The molecule has 0 aliphatic carbocycles. The fourth-order valence-electron chi connectivity index (χ4n) is 4.60. The SMILES string of the molecule is CCc1cc(CC)c(N=Cc2cc(C)cc(C=Nc3c(CC)cc(CC)cc3CC)n2)c(CC)c1.[Cl-].[Cl-].[Cl-].[Co+3]. The van der Waals surface area contributed by atoms with Gasteiger partial charge in [-0.3, -0.25) is 9.98 Å². The van der Waals surface area contributed by atoms with Crippen LogP contribution in [-0.2, 0) is 55.3 Å². The molecule has 0 N–H and O–H groups in total. The van der Waals surface area contributed by atoms with Gasteiger partial charge in [-0.15, -0.1) is 0 Å². The summed E-state index contributed by atoms with van der Waals surface area (Å²) in [5.74, 6) is 0. The monoisotopic (exact) mass is 631 g/mol. The van der Waals surface area contributed by atoms with Crippen LogP contribution in [0.15, 0.2) is 46.4 Å². The minimum absolute atomic E-state index is 0. The molecule has 2 aromatic carbocycles. The van der Waals surface area contributed by atoms with E-state index in [4.69, 9.17) is 15.0 Å². The van der Waals surface area contributed by atoms with Crippen molar-refractivity contribution in [1.82, 2.24) is 4.98 Å². The van der Waals surface area contributed by atoms with Gasteiger partial charge in [0.05, 0.1) is 35.2 Å². The molecule has 0 unspecified atom stereocenters. The molecule has 0 bridgehead atoms. The van der Waals surface area contributed by atoms with Crippen LogP contribution in [0.1, 0.15) is 91.9 Å². The van der Waals surface area contributed by atoms with Crippen LogP contribution in [-0.4, -0.2) is 17.4 Å². The Morgan fingerprint density at radius 1 is 0.538 bits per heavy atom. The van der Waals surface area contributed by atoms with Gasteiger partial charge in [0.25, 0.3) is 0 Å². The number of rotatable bonds is 10. The Morgan fingerprint density at radius 2 is 0.846 bits per heavy atom. The van der Waals surface area contributed by atoms with Crippen LogP contribution in [0.25, 0.3) is 0 Å². The van der Waals surface area contributed by atoms with Crippen molar-refractivity contribution in [3.05, 3.63) is 86.7 Å². The van der Waals surface area contributed by atoms with E-state index in [2.05, 4.69) is 84.9 Å². The van der Waals surface area contributed by atoms with E-state index in [0.717, 1.165) is 66.9 Å². The van der Waals surface area contributed by atoms with Gasteiger partial charge in [-0.1, -0.05) is 65.8 Å². The van der Waals surface area contributed by atoms with E-state index in [1.54, 1.807) is 0 Å². The Morgan fingerprint density at radius 3 is 1.10 bits per heavy atom. The first-order chi connectivity index (χ1) is 17.0. The molecular formula is C32H41Cl3CoN3. The van der Waals surface area contributed by atoms with Gasteiger partial charge in [0, 0.05) is 0 Å². The molecule has 0 aliphatic heterocycles. The molecule has 3 nitrogen and oxygen atoms in total. The Bertz CT molecular complexity index is 1100. The fraction of sp³-hybridized carbons (Fsp3) is 0.406. The van der Waals surface area contributed by atoms with Crippen LogP contribution >= 0.6 is 0 Å². The summed E-state index contributed by atoms with van der Waals surface area (Å²) >= 11 is 0. The zero-order valence-electron chi connectivity index (χ0n) is 24.2. The van der Waals surface area contributed by atoms with Crippen molar-refractivity contribution in [2.75, 3.05) is 0 Å². The molecule has 0 aliphatic rings. The molecule has 0 spiro atoms. The summed E-state index contributed by atoms with van der Waals surface area (Å²) in [6.45, 7) is 15.3. The number of benzene rings is 2. The topological polar surface area (TPSA) is 37.6 Å². The van der Waals surface area contributed by atoms with Gasteiger partial charge < -0.3 is 37.2 Å². The smallest absolute Gasteiger partial charge is 1.00 e. The number of aromatic nitrogens is 1. The molecule has 0 radical (unpaired) electrons. The number of hydrogen-bond acceptors (Lipinski definition) is 3. The van der Waals surface area contributed by atoms with Crippen molar-refractivity contribution < 1.29 is 54.0 Å². The summed E-state index contributed by atoms with van der Waals surface area (Å²) in [4.78, 5) is 14.7. The maximum Gasteiger partial charge on any atom is 3.00 e. The third-order valence-electron chi connectivity index (χ3n) is 6.66. The van der Waals surface area contributed by atoms with Gasteiger partial charge in [-0.2, -0.15) is 0 Å². The largest absolute Gasteiger partial charge is 3.00 e. The second-order valence-electron chi connectivity index (χ2n) is 9.16. The Labute approximate surface area is 265 Å². The first-order valence-electron chi connectivity index (χ1n) is 13.3. The number of nitrogens with zero attached hydrogens (tertiary/aromatic N) is 3. The quantitative estimate of drug-likeness (QED) is 0.272. The summed E-state index contributed by atoms with van der Waals surface area (Å²) in [7, 11) is 0. The van der Waals surface area contributed by atoms with Crippen molar-refractivity contribution in [3.63, 3.8) is 0 Å². The summed E-state index contributed by atoms with van der Waals surface area (Å²) in [5.41, 5.74) is 13.1. The molecular weight excluding hydrogens is 592 g/mol. The van der Waals surface area contributed by atoms with Gasteiger partial charge in [0.2, 0.25) is 0 Å². The molecule has 0 amide bonds. The second kappa shape index (κ2) is 19.4. The molecule has 3 rings (SSSR count). The van der Waals surface area contributed by atoms with Gasteiger partial charge >= 0.3 is 16.8 Å². The molecule has 0 atom stereocenters. The van der Waals surface area contributed by atoms with Crippen LogP contribution < -0.4 is 37.2 Å². The third kappa shape index (κ3) is 10.3. The Balaban J connectivity index is 0. The molecule has 0 saturated heterocycles. The van der Waals surface area contributed by atoms with Gasteiger partial charge in [-0.05, 0) is 96.5 Å². The van der Waals surface area contributed by atoms with Gasteiger partial charge in [0.1, 0.15) is 0 Å². The van der Waals surface area contributed by atoms with Crippen molar-refractivity contribution in [1.29, 1.82) is 0 Å². The average Bonchev–Trinajstić information content (AvgIpc) is 2.89. The predicted molar refractivity (Wildman–Crippen MR) is 153 cm³/mol. The molecule has 3 aromatic rings. The minimum Gasteiger partial charge on any atom is -1.00 e. The van der Waals surface area contributed by atoms with Crippen molar-refractivity contribution in [2.24, 2.45) is 9.98 Å². The van der Waals surface area contributed by atoms with E-state index in [1.807, 2.05) is 12.4 Å². The first-order valence-corrected chi connectivity index (χ1v) is 13.3. The van der Waals surface area contributed by atoms with E-state index in [9.17, 15) is 0 Å². The normalized spacial score (nSPS) is 10.5. The number of pyridine rings is 1. The Hall–Kier alpha value is -1.69. The molecule has 1 heterocycles. The van der Waals surface area contributed by atoms with Crippen LogP contribution in [0.5, 0.6) is 0 Å². The van der Waals surface area contributed by atoms with E-state index in [1.165, 1.54) is 33.4 Å². The average molecular weight is 633 g/mol.